The molecule has 1 fully saturated rings. The number of anilines is 3. The van der Waals surface area contributed by atoms with E-state index in [1.165, 1.54) is 4.90 Å². The highest BCUT2D eigenvalue weighted by molar-refractivity contribution is 6.08. The lowest BCUT2D eigenvalue weighted by molar-refractivity contribution is 0.0976. The van der Waals surface area contributed by atoms with Crippen LogP contribution < -0.4 is 20.4 Å². The fourth-order valence-corrected chi connectivity index (χ4v) is 3.94. The smallest absolute Gasteiger partial charge is 0.293 e. The van der Waals surface area contributed by atoms with Crippen LogP contribution in [0.4, 0.5) is 17.3 Å². The van der Waals surface area contributed by atoms with Crippen LogP contribution in [0.25, 0.3) is 0 Å². The number of aromatic nitrogens is 4. The van der Waals surface area contributed by atoms with Crippen molar-refractivity contribution < 1.29 is 9.59 Å². The molecule has 0 bridgehead atoms. The van der Waals surface area contributed by atoms with Gasteiger partial charge in [-0.15, -0.1) is 5.10 Å². The second-order valence-electron chi connectivity index (χ2n) is 7.43. The van der Waals surface area contributed by atoms with Crippen LogP contribution in [0, 0.1) is 0 Å². The van der Waals surface area contributed by atoms with Crippen LogP contribution >= 0.6 is 0 Å². The summed E-state index contributed by atoms with van der Waals surface area (Å²) in [5.74, 6) is -0.371. The molecule has 2 aliphatic rings. The van der Waals surface area contributed by atoms with Crippen LogP contribution in [0.15, 0.2) is 42.7 Å². The number of nitrogens with zero attached hydrogens (tertiary/aromatic N) is 5. The van der Waals surface area contributed by atoms with Crippen molar-refractivity contribution in [1.29, 1.82) is 0 Å². The molecule has 4 heterocycles. The average molecular weight is 418 g/mol. The summed E-state index contributed by atoms with van der Waals surface area (Å²) in [5, 5.41) is 12.9. The van der Waals surface area contributed by atoms with Gasteiger partial charge in [-0.1, -0.05) is 18.2 Å². The second kappa shape index (κ2) is 8.15. The quantitative estimate of drug-likeness (QED) is 0.580. The van der Waals surface area contributed by atoms with Gasteiger partial charge in [0.25, 0.3) is 17.8 Å². The van der Waals surface area contributed by atoms with Crippen molar-refractivity contribution in [2.45, 2.75) is 6.42 Å². The molecule has 1 saturated heterocycles. The third-order valence-corrected chi connectivity index (χ3v) is 5.53. The fraction of sp³-hybridized carbons (Fsp3) is 0.286. The molecule has 0 aliphatic carbocycles. The van der Waals surface area contributed by atoms with Gasteiger partial charge in [-0.2, -0.15) is 4.98 Å². The first kappa shape index (κ1) is 19.2. The predicted octanol–water partition coefficient (Wildman–Crippen LogP) is 1.06. The minimum atomic E-state index is -0.437. The second-order valence-corrected chi connectivity index (χ2v) is 7.43. The number of aromatic amines is 1. The van der Waals surface area contributed by atoms with Crippen LogP contribution in [0.5, 0.6) is 0 Å². The van der Waals surface area contributed by atoms with Crippen molar-refractivity contribution in [3.05, 3.63) is 59.7 Å². The molecule has 10 heteroatoms. The molecule has 0 unspecified atom stereocenters. The van der Waals surface area contributed by atoms with E-state index in [4.69, 9.17) is 0 Å². The number of piperazine rings is 1. The maximum atomic E-state index is 12.8. The predicted molar refractivity (Wildman–Crippen MR) is 115 cm³/mol. The summed E-state index contributed by atoms with van der Waals surface area (Å²) in [6, 6.07) is 9.39. The Morgan fingerprint density at radius 3 is 2.81 bits per heavy atom. The molecule has 0 spiro atoms. The fourth-order valence-electron chi connectivity index (χ4n) is 3.94. The normalized spacial score (nSPS) is 16.2. The number of benzene rings is 1. The van der Waals surface area contributed by atoms with Gasteiger partial charge in [-0.25, -0.2) is 0 Å². The van der Waals surface area contributed by atoms with Gasteiger partial charge in [-0.05, 0) is 24.1 Å². The molecular formula is C21H22N8O2. The van der Waals surface area contributed by atoms with E-state index in [1.54, 1.807) is 18.5 Å². The molecule has 10 nitrogen and oxygen atoms in total. The van der Waals surface area contributed by atoms with Gasteiger partial charge in [0.1, 0.15) is 0 Å². The van der Waals surface area contributed by atoms with Gasteiger partial charge >= 0.3 is 0 Å². The third-order valence-electron chi connectivity index (χ3n) is 5.53. The van der Waals surface area contributed by atoms with Crippen molar-refractivity contribution in [3.63, 3.8) is 0 Å². The molecule has 158 valence electrons. The van der Waals surface area contributed by atoms with E-state index in [2.05, 4.69) is 35.7 Å². The zero-order chi connectivity index (χ0) is 21.2. The third kappa shape index (κ3) is 3.73. The van der Waals surface area contributed by atoms with Crippen LogP contribution in [-0.4, -0.2) is 64.7 Å². The lowest BCUT2D eigenvalue weighted by Gasteiger charge is -2.30. The number of pyridine rings is 1. The minimum absolute atomic E-state index is 0.0387. The van der Waals surface area contributed by atoms with E-state index < -0.39 is 5.91 Å². The SMILES string of the molecule is O=C(Nc1cnccc1N1CCNCC1)c1nc(N2CCc3ccccc3C2=O)n[nH]1. The van der Waals surface area contributed by atoms with E-state index >= 15 is 0 Å². The van der Waals surface area contributed by atoms with Crippen molar-refractivity contribution in [2.24, 2.45) is 0 Å². The largest absolute Gasteiger partial charge is 0.367 e. The van der Waals surface area contributed by atoms with E-state index in [-0.39, 0.29) is 17.7 Å². The Labute approximate surface area is 178 Å². The summed E-state index contributed by atoms with van der Waals surface area (Å²) < 4.78 is 0. The molecule has 3 N–H and O–H groups in total. The van der Waals surface area contributed by atoms with Crippen LogP contribution in [0.1, 0.15) is 26.5 Å². The van der Waals surface area contributed by atoms with Gasteiger partial charge < -0.3 is 15.5 Å². The number of carbonyl (C=O) groups excluding carboxylic acids is 2. The number of rotatable bonds is 4. The zero-order valence-corrected chi connectivity index (χ0v) is 16.8. The summed E-state index contributed by atoms with van der Waals surface area (Å²) in [7, 11) is 0. The van der Waals surface area contributed by atoms with E-state index in [0.717, 1.165) is 37.4 Å². The molecule has 31 heavy (non-hydrogen) atoms. The lowest BCUT2D eigenvalue weighted by atomic mass is 9.99. The number of hydrogen-bond acceptors (Lipinski definition) is 7. The number of carbonyl (C=O) groups is 2. The Bertz CT molecular complexity index is 1120. The van der Waals surface area contributed by atoms with E-state index in [1.807, 2.05) is 24.3 Å². The van der Waals surface area contributed by atoms with Gasteiger partial charge in [0.15, 0.2) is 0 Å². The molecule has 2 aliphatic heterocycles. The first-order valence-corrected chi connectivity index (χ1v) is 10.2. The lowest BCUT2D eigenvalue weighted by Crippen LogP contribution is -2.43. The molecule has 0 radical (unpaired) electrons. The molecule has 3 aromatic rings. The van der Waals surface area contributed by atoms with Crippen LogP contribution in [-0.2, 0) is 6.42 Å². The number of hydrogen-bond donors (Lipinski definition) is 3. The molecule has 5 rings (SSSR count). The molecular weight excluding hydrogens is 396 g/mol. The highest BCUT2D eigenvalue weighted by Crippen LogP contribution is 2.26. The Hall–Kier alpha value is -3.79. The summed E-state index contributed by atoms with van der Waals surface area (Å²) >= 11 is 0. The summed E-state index contributed by atoms with van der Waals surface area (Å²) in [5.41, 5.74) is 3.16. The van der Waals surface area contributed by atoms with Gasteiger partial charge in [-0.3, -0.25) is 24.6 Å². The van der Waals surface area contributed by atoms with Gasteiger partial charge in [0.05, 0.1) is 17.6 Å². The Morgan fingerprint density at radius 2 is 1.94 bits per heavy atom. The Kier molecular flexibility index (Phi) is 5.04. The summed E-state index contributed by atoms with van der Waals surface area (Å²) in [6.07, 6.45) is 4.04. The highest BCUT2D eigenvalue weighted by atomic mass is 16.2. The zero-order valence-electron chi connectivity index (χ0n) is 16.8. The highest BCUT2D eigenvalue weighted by Gasteiger charge is 2.28. The van der Waals surface area contributed by atoms with E-state index in [0.29, 0.717) is 24.2 Å². The van der Waals surface area contributed by atoms with Crippen molar-refractivity contribution in [2.75, 3.05) is 47.8 Å². The molecule has 2 amide bonds. The van der Waals surface area contributed by atoms with Gasteiger partial charge in [0, 0.05) is 44.5 Å². The first-order chi connectivity index (χ1) is 15.2. The summed E-state index contributed by atoms with van der Waals surface area (Å²) in [6.45, 7) is 3.92. The minimum Gasteiger partial charge on any atom is -0.367 e. The Morgan fingerprint density at radius 1 is 1.10 bits per heavy atom. The van der Waals surface area contributed by atoms with Crippen molar-refractivity contribution >= 4 is 29.1 Å². The maximum Gasteiger partial charge on any atom is 0.293 e. The molecule has 0 saturated carbocycles. The van der Waals surface area contributed by atoms with Crippen molar-refractivity contribution in [1.82, 2.24) is 25.5 Å². The number of amides is 2. The Balaban J connectivity index is 1.33. The molecule has 1 aromatic carbocycles. The first-order valence-electron chi connectivity index (χ1n) is 10.2. The molecule has 0 atom stereocenters. The number of nitrogens with one attached hydrogen (secondary N) is 3. The summed E-state index contributed by atoms with van der Waals surface area (Å²) in [4.78, 5) is 37.7. The topological polar surface area (TPSA) is 119 Å². The van der Waals surface area contributed by atoms with E-state index in [9.17, 15) is 9.59 Å². The van der Waals surface area contributed by atoms with Crippen LogP contribution in [0.2, 0.25) is 0 Å². The van der Waals surface area contributed by atoms with Crippen LogP contribution in [0.3, 0.4) is 0 Å². The maximum absolute atomic E-state index is 12.8. The monoisotopic (exact) mass is 418 g/mol. The number of fused-ring (bicyclic) bond motifs is 1. The standard InChI is InChI=1S/C21H22N8O2/c30-19(24-16-13-23-7-5-17(16)28-11-8-22-9-12-28)18-25-21(27-26-18)29-10-6-14-3-1-2-4-15(14)20(29)31/h1-5,7,13,22H,6,8-12H2,(H,24,30)(H,25,26,27). The van der Waals surface area contributed by atoms with Gasteiger partial charge in [0.2, 0.25) is 5.82 Å². The average Bonchev–Trinajstić information content (AvgIpc) is 3.31. The van der Waals surface area contributed by atoms with Crippen molar-refractivity contribution in [3.8, 4) is 0 Å². The molecule has 2 aromatic heterocycles. The number of H-pyrrole nitrogens is 1.